The molecule has 1 unspecified atom stereocenters. The first-order chi connectivity index (χ1) is 8.07. The lowest BCUT2D eigenvalue weighted by molar-refractivity contribution is -0.00632. The number of carboxylic acid groups (broad SMARTS) is 1. The minimum Gasteiger partial charge on any atom is -0.475 e. The number of carbonyl (C=O) groups is 1. The third kappa shape index (κ3) is 2.18. The van der Waals surface area contributed by atoms with Crippen LogP contribution in [0.1, 0.15) is 41.9 Å². The number of oxazole rings is 1. The fourth-order valence-corrected chi connectivity index (χ4v) is 1.93. The molecule has 1 N–H and O–H groups in total. The van der Waals surface area contributed by atoms with Gasteiger partial charge in [-0.15, -0.1) is 0 Å². The van der Waals surface area contributed by atoms with Crippen LogP contribution in [0.3, 0.4) is 0 Å². The van der Waals surface area contributed by atoms with E-state index in [2.05, 4.69) is 4.98 Å². The summed E-state index contributed by atoms with van der Waals surface area (Å²) in [4.78, 5) is 15.2. The summed E-state index contributed by atoms with van der Waals surface area (Å²) in [5, 5.41) is 9.00. The molecule has 1 aromatic heterocycles. The van der Waals surface area contributed by atoms with E-state index in [-0.39, 0.29) is 12.4 Å². The number of rotatable bonds is 4. The molecule has 1 atom stereocenters. The van der Waals surface area contributed by atoms with Gasteiger partial charge in [-0.2, -0.15) is 0 Å². The van der Waals surface area contributed by atoms with E-state index in [1.54, 1.807) is 0 Å². The van der Waals surface area contributed by atoms with Crippen LogP contribution < -0.4 is 0 Å². The summed E-state index contributed by atoms with van der Waals surface area (Å²) in [7, 11) is 1.48. The normalized spacial score (nSPS) is 24.1. The smallest absolute Gasteiger partial charge is 0.373 e. The third-order valence-electron chi connectivity index (χ3n) is 2.84. The number of hydrogen-bond donors (Lipinski definition) is 1. The molecule has 1 aromatic rings. The summed E-state index contributed by atoms with van der Waals surface area (Å²) in [5.41, 5.74) is -0.317. The molecule has 0 spiro atoms. The fraction of sp³-hybridized carbons (Fsp3) is 0.636. The highest BCUT2D eigenvalue weighted by molar-refractivity contribution is 5.85. The molecule has 1 aliphatic heterocycles. The lowest BCUT2D eigenvalue weighted by Crippen LogP contribution is -2.20. The molecule has 17 heavy (non-hydrogen) atoms. The minimum absolute atomic E-state index is 0.112. The van der Waals surface area contributed by atoms with Gasteiger partial charge < -0.3 is 19.0 Å². The minimum atomic E-state index is -1.14. The van der Waals surface area contributed by atoms with Crippen molar-refractivity contribution < 1.29 is 23.8 Å². The molecule has 0 aromatic carbocycles. The van der Waals surface area contributed by atoms with Crippen LogP contribution in [-0.2, 0) is 21.7 Å². The number of aromatic nitrogens is 1. The maximum Gasteiger partial charge on any atom is 0.373 e. The summed E-state index contributed by atoms with van der Waals surface area (Å²) in [6.07, 6.45) is 1.69. The Morgan fingerprint density at radius 1 is 1.65 bits per heavy atom. The van der Waals surface area contributed by atoms with Gasteiger partial charge in [0, 0.05) is 13.7 Å². The monoisotopic (exact) mass is 241 g/mol. The molecule has 6 nitrogen and oxygen atoms in total. The summed E-state index contributed by atoms with van der Waals surface area (Å²) >= 11 is 0. The molecular formula is C11H15NO5. The number of carboxylic acids is 1. The average molecular weight is 241 g/mol. The van der Waals surface area contributed by atoms with Crippen LogP contribution in [0.2, 0.25) is 0 Å². The van der Waals surface area contributed by atoms with Crippen molar-refractivity contribution in [3.63, 3.8) is 0 Å². The molecule has 2 heterocycles. The van der Waals surface area contributed by atoms with Crippen molar-refractivity contribution in [3.8, 4) is 0 Å². The quantitative estimate of drug-likeness (QED) is 0.861. The highest BCUT2D eigenvalue weighted by Crippen LogP contribution is 2.35. The summed E-state index contributed by atoms with van der Waals surface area (Å²) < 4.78 is 15.8. The van der Waals surface area contributed by atoms with Gasteiger partial charge in [0.05, 0.1) is 6.61 Å². The Labute approximate surface area is 98.5 Å². The number of methoxy groups -OCH3 is 1. The molecule has 0 bridgehead atoms. The highest BCUT2D eigenvalue weighted by Gasteiger charge is 2.38. The van der Waals surface area contributed by atoms with E-state index >= 15 is 0 Å². The fourth-order valence-electron chi connectivity index (χ4n) is 1.93. The Kier molecular flexibility index (Phi) is 3.17. The second-order valence-electron chi connectivity index (χ2n) is 4.22. The van der Waals surface area contributed by atoms with Gasteiger partial charge in [0.2, 0.25) is 11.7 Å². The second kappa shape index (κ2) is 4.46. The zero-order chi connectivity index (χ0) is 12.5. The van der Waals surface area contributed by atoms with Gasteiger partial charge in [-0.1, -0.05) is 0 Å². The Morgan fingerprint density at radius 2 is 2.41 bits per heavy atom. The highest BCUT2D eigenvalue weighted by atomic mass is 16.5. The van der Waals surface area contributed by atoms with E-state index in [0.29, 0.717) is 18.2 Å². The zero-order valence-corrected chi connectivity index (χ0v) is 9.86. The largest absolute Gasteiger partial charge is 0.475 e. The lowest BCUT2D eigenvalue weighted by atomic mass is 10.0. The number of nitrogens with zero attached hydrogens (tertiary/aromatic N) is 1. The molecule has 1 fully saturated rings. The first-order valence-electron chi connectivity index (χ1n) is 5.43. The molecule has 0 aliphatic carbocycles. The Bertz CT molecular complexity index is 419. The zero-order valence-electron chi connectivity index (χ0n) is 9.86. The van der Waals surface area contributed by atoms with Crippen molar-refractivity contribution in [2.75, 3.05) is 13.7 Å². The van der Waals surface area contributed by atoms with Gasteiger partial charge in [-0.3, -0.25) is 0 Å². The molecule has 0 amide bonds. The van der Waals surface area contributed by atoms with Crippen LogP contribution in [-0.4, -0.2) is 29.8 Å². The van der Waals surface area contributed by atoms with Crippen LogP contribution in [0.15, 0.2) is 4.42 Å². The summed E-state index contributed by atoms with van der Waals surface area (Å²) in [6, 6.07) is 0. The third-order valence-corrected chi connectivity index (χ3v) is 2.84. The maximum absolute atomic E-state index is 11.0. The Hall–Kier alpha value is -1.40. The molecule has 2 rings (SSSR count). The van der Waals surface area contributed by atoms with E-state index in [9.17, 15) is 4.79 Å². The van der Waals surface area contributed by atoms with Crippen molar-refractivity contribution >= 4 is 5.97 Å². The van der Waals surface area contributed by atoms with E-state index in [1.165, 1.54) is 7.11 Å². The van der Waals surface area contributed by atoms with Crippen molar-refractivity contribution in [2.24, 2.45) is 0 Å². The van der Waals surface area contributed by atoms with Gasteiger partial charge in [0.15, 0.2) is 0 Å². The molecule has 94 valence electrons. The van der Waals surface area contributed by atoms with Crippen LogP contribution in [0.4, 0.5) is 0 Å². The standard InChI is InChI=1S/C11H15NO5/c1-11(4-3-5-16-11)10-12-7(6-15-2)8(17-10)9(13)14/h3-6H2,1-2H3,(H,13,14). The van der Waals surface area contributed by atoms with Gasteiger partial charge in [0.25, 0.3) is 0 Å². The van der Waals surface area contributed by atoms with E-state index < -0.39 is 11.6 Å². The molecule has 6 heteroatoms. The van der Waals surface area contributed by atoms with Gasteiger partial charge in [-0.25, -0.2) is 9.78 Å². The molecule has 1 aliphatic rings. The number of ether oxygens (including phenoxy) is 2. The lowest BCUT2D eigenvalue weighted by Gasteiger charge is -2.18. The number of aromatic carboxylic acids is 1. The average Bonchev–Trinajstić information content (AvgIpc) is 2.86. The van der Waals surface area contributed by atoms with Crippen molar-refractivity contribution in [3.05, 3.63) is 17.3 Å². The molecule has 0 saturated carbocycles. The molecule has 0 radical (unpaired) electrons. The Balaban J connectivity index is 2.36. The second-order valence-corrected chi connectivity index (χ2v) is 4.22. The van der Waals surface area contributed by atoms with Crippen LogP contribution in [0, 0.1) is 0 Å². The SMILES string of the molecule is COCc1nc(C2(C)CCCO2)oc1C(=O)O. The van der Waals surface area contributed by atoms with Crippen molar-refractivity contribution in [1.82, 2.24) is 4.98 Å². The first-order valence-corrected chi connectivity index (χ1v) is 5.43. The number of hydrogen-bond acceptors (Lipinski definition) is 5. The van der Waals surface area contributed by atoms with E-state index in [0.717, 1.165) is 12.8 Å². The van der Waals surface area contributed by atoms with Crippen LogP contribution in [0.25, 0.3) is 0 Å². The van der Waals surface area contributed by atoms with Gasteiger partial charge in [-0.05, 0) is 19.8 Å². The first kappa shape index (κ1) is 12.1. The van der Waals surface area contributed by atoms with Crippen LogP contribution in [0.5, 0.6) is 0 Å². The Morgan fingerprint density at radius 3 is 2.94 bits per heavy atom. The predicted octanol–water partition coefficient (Wildman–Crippen LogP) is 1.54. The topological polar surface area (TPSA) is 81.8 Å². The van der Waals surface area contributed by atoms with E-state index in [4.69, 9.17) is 19.0 Å². The summed E-state index contributed by atoms with van der Waals surface area (Å²) in [5.74, 6) is -0.990. The van der Waals surface area contributed by atoms with Crippen molar-refractivity contribution in [1.29, 1.82) is 0 Å². The molecular weight excluding hydrogens is 226 g/mol. The van der Waals surface area contributed by atoms with Crippen LogP contribution >= 0.6 is 0 Å². The van der Waals surface area contributed by atoms with Gasteiger partial charge >= 0.3 is 5.97 Å². The van der Waals surface area contributed by atoms with E-state index in [1.807, 2.05) is 6.92 Å². The summed E-state index contributed by atoms with van der Waals surface area (Å²) in [6.45, 7) is 2.61. The maximum atomic E-state index is 11.0. The van der Waals surface area contributed by atoms with Gasteiger partial charge in [0.1, 0.15) is 11.3 Å². The predicted molar refractivity (Wildman–Crippen MR) is 56.7 cm³/mol. The van der Waals surface area contributed by atoms with Crippen molar-refractivity contribution in [2.45, 2.75) is 32.0 Å². The molecule has 1 saturated heterocycles.